The average molecular weight is 454 g/mol. The van der Waals surface area contributed by atoms with Gasteiger partial charge in [-0.25, -0.2) is 4.79 Å². The number of allylic oxidation sites excluding steroid dienone is 1. The SMILES string of the molecule is CCCCCCC(C)(c1cc(N)c2c(c1)OC(C)(C)[C@@H]1CC=C(C(=O)O)C[C@@H]21)C(F)(F)F. The van der Waals surface area contributed by atoms with E-state index >= 15 is 0 Å². The molecule has 0 bridgehead atoms. The molecule has 1 unspecified atom stereocenters. The fourth-order valence-electron chi connectivity index (χ4n) is 5.30. The van der Waals surface area contributed by atoms with Gasteiger partial charge in [0.2, 0.25) is 0 Å². The van der Waals surface area contributed by atoms with E-state index in [4.69, 9.17) is 10.5 Å². The summed E-state index contributed by atoms with van der Waals surface area (Å²) in [5.74, 6) is -0.835. The van der Waals surface area contributed by atoms with Crippen LogP contribution in [0.25, 0.3) is 0 Å². The van der Waals surface area contributed by atoms with Gasteiger partial charge < -0.3 is 15.6 Å². The maximum absolute atomic E-state index is 14.3. The third-order valence-corrected chi connectivity index (χ3v) is 7.42. The first kappa shape index (κ1) is 24.5. The number of unbranched alkanes of at least 4 members (excludes halogenated alkanes) is 3. The molecule has 0 radical (unpaired) electrons. The monoisotopic (exact) mass is 453 g/mol. The van der Waals surface area contributed by atoms with Gasteiger partial charge in [-0.05, 0) is 57.7 Å². The topological polar surface area (TPSA) is 72.5 Å². The highest BCUT2D eigenvalue weighted by molar-refractivity contribution is 5.87. The molecule has 1 heterocycles. The Labute approximate surface area is 188 Å². The van der Waals surface area contributed by atoms with Crippen LogP contribution in [0.1, 0.15) is 89.7 Å². The summed E-state index contributed by atoms with van der Waals surface area (Å²) in [6.45, 7) is 7.08. The number of ether oxygens (including phenoxy) is 1. The van der Waals surface area contributed by atoms with Gasteiger partial charge in [0, 0.05) is 28.7 Å². The molecule has 1 aliphatic heterocycles. The molecular weight excluding hydrogens is 419 g/mol. The number of fused-ring (bicyclic) bond motifs is 3. The lowest BCUT2D eigenvalue weighted by molar-refractivity contribution is -0.188. The summed E-state index contributed by atoms with van der Waals surface area (Å²) in [5.41, 5.74) is 4.98. The molecule has 0 spiro atoms. The number of carbonyl (C=O) groups is 1. The number of rotatable bonds is 7. The van der Waals surface area contributed by atoms with Crippen molar-refractivity contribution < 1.29 is 27.8 Å². The Kier molecular flexibility index (Phi) is 6.60. The van der Waals surface area contributed by atoms with Crippen molar-refractivity contribution in [2.45, 2.75) is 95.8 Å². The van der Waals surface area contributed by atoms with E-state index in [-0.39, 0.29) is 35.9 Å². The highest BCUT2D eigenvalue weighted by Crippen LogP contribution is 2.55. The standard InChI is InChI=1S/C25H34F3NO3/c1-5-6-7-8-11-24(4,25(26,27)28)16-13-19(29)21-17-12-15(22(30)31)9-10-18(17)23(2,3)32-20(21)14-16/h9,13-14,17-18H,5-8,10-12,29H2,1-4H3,(H,30,31)/t17-,18-,24?/m1/s1. The molecule has 0 fully saturated rings. The molecule has 4 nitrogen and oxygen atoms in total. The second kappa shape index (κ2) is 8.64. The summed E-state index contributed by atoms with van der Waals surface area (Å²) < 4.78 is 49.0. The second-order valence-corrected chi connectivity index (χ2v) is 10.0. The number of hydrogen-bond acceptors (Lipinski definition) is 3. The number of anilines is 1. The van der Waals surface area contributed by atoms with Crippen molar-refractivity contribution in [1.82, 2.24) is 0 Å². The molecule has 3 rings (SSSR count). The zero-order valence-corrected chi connectivity index (χ0v) is 19.3. The Morgan fingerprint density at radius 1 is 1.25 bits per heavy atom. The molecule has 0 saturated heterocycles. The van der Waals surface area contributed by atoms with Gasteiger partial charge in [0.25, 0.3) is 0 Å². The van der Waals surface area contributed by atoms with Crippen molar-refractivity contribution in [2.75, 3.05) is 5.73 Å². The number of hydrogen-bond donors (Lipinski definition) is 2. The fourth-order valence-corrected chi connectivity index (χ4v) is 5.30. The van der Waals surface area contributed by atoms with E-state index in [2.05, 4.69) is 0 Å². The van der Waals surface area contributed by atoms with Crippen molar-refractivity contribution in [2.24, 2.45) is 5.92 Å². The normalized spacial score (nSPS) is 23.9. The maximum atomic E-state index is 14.3. The van der Waals surface area contributed by atoms with Crippen LogP contribution in [-0.4, -0.2) is 22.9 Å². The number of benzene rings is 1. The molecule has 1 aliphatic carbocycles. The van der Waals surface area contributed by atoms with E-state index in [0.717, 1.165) is 19.3 Å². The third-order valence-electron chi connectivity index (χ3n) is 7.42. The third kappa shape index (κ3) is 4.35. The number of nitrogens with two attached hydrogens (primary N) is 1. The summed E-state index contributed by atoms with van der Waals surface area (Å²) in [7, 11) is 0. The molecule has 0 aromatic heterocycles. The van der Waals surface area contributed by atoms with Gasteiger partial charge in [-0.2, -0.15) is 13.2 Å². The molecule has 0 amide bonds. The Morgan fingerprint density at radius 2 is 1.94 bits per heavy atom. The Morgan fingerprint density at radius 3 is 2.53 bits per heavy atom. The smallest absolute Gasteiger partial charge is 0.398 e. The van der Waals surface area contributed by atoms with Crippen LogP contribution in [0.5, 0.6) is 5.75 Å². The quantitative estimate of drug-likeness (QED) is 0.354. The van der Waals surface area contributed by atoms with Crippen molar-refractivity contribution in [3.8, 4) is 5.75 Å². The minimum Gasteiger partial charge on any atom is -0.487 e. The average Bonchev–Trinajstić information content (AvgIpc) is 2.68. The second-order valence-electron chi connectivity index (χ2n) is 10.0. The van der Waals surface area contributed by atoms with E-state index in [1.807, 2.05) is 20.8 Å². The molecule has 3 N–H and O–H groups in total. The molecule has 7 heteroatoms. The van der Waals surface area contributed by atoms with Crippen LogP contribution < -0.4 is 10.5 Å². The van der Waals surface area contributed by atoms with Crippen LogP contribution in [0, 0.1) is 5.92 Å². The molecule has 0 saturated carbocycles. The van der Waals surface area contributed by atoms with E-state index in [0.29, 0.717) is 29.7 Å². The first-order valence-electron chi connectivity index (χ1n) is 11.4. The van der Waals surface area contributed by atoms with Gasteiger partial charge in [0.05, 0.1) is 5.41 Å². The number of carboxylic acids is 1. The van der Waals surface area contributed by atoms with Crippen LogP contribution in [0.2, 0.25) is 0 Å². The van der Waals surface area contributed by atoms with Gasteiger partial charge >= 0.3 is 12.1 Å². The highest BCUT2D eigenvalue weighted by Gasteiger charge is 2.53. The summed E-state index contributed by atoms with van der Waals surface area (Å²) in [4.78, 5) is 11.6. The summed E-state index contributed by atoms with van der Waals surface area (Å²) in [6, 6.07) is 2.93. The van der Waals surface area contributed by atoms with Crippen molar-refractivity contribution >= 4 is 11.7 Å². The lowest BCUT2D eigenvalue weighted by Gasteiger charge is -2.47. The first-order valence-corrected chi connectivity index (χ1v) is 11.4. The Hall–Kier alpha value is -2.18. The van der Waals surface area contributed by atoms with Crippen LogP contribution in [0.4, 0.5) is 18.9 Å². The van der Waals surface area contributed by atoms with Crippen molar-refractivity contribution in [3.05, 3.63) is 34.9 Å². The predicted molar refractivity (Wildman–Crippen MR) is 119 cm³/mol. The van der Waals surface area contributed by atoms with E-state index in [1.54, 1.807) is 6.08 Å². The number of halogens is 3. The Balaban J connectivity index is 2.06. The van der Waals surface area contributed by atoms with Gasteiger partial charge in [-0.3, -0.25) is 0 Å². The van der Waals surface area contributed by atoms with Crippen LogP contribution in [0.3, 0.4) is 0 Å². The zero-order chi connectivity index (χ0) is 23.9. The highest BCUT2D eigenvalue weighted by atomic mass is 19.4. The van der Waals surface area contributed by atoms with Gasteiger partial charge in [0.1, 0.15) is 11.4 Å². The van der Waals surface area contributed by atoms with Gasteiger partial charge in [0.15, 0.2) is 0 Å². The number of carboxylic acid groups (broad SMARTS) is 1. The van der Waals surface area contributed by atoms with Gasteiger partial charge in [-0.15, -0.1) is 0 Å². The summed E-state index contributed by atoms with van der Waals surface area (Å²) in [5, 5.41) is 9.48. The van der Waals surface area contributed by atoms with Gasteiger partial charge in [-0.1, -0.05) is 38.7 Å². The summed E-state index contributed by atoms with van der Waals surface area (Å²) in [6.07, 6.45) is 1.17. The predicted octanol–water partition coefficient (Wildman–Crippen LogP) is 6.73. The lowest BCUT2D eigenvalue weighted by Crippen LogP contribution is -2.46. The molecule has 1 aromatic rings. The molecule has 178 valence electrons. The minimum atomic E-state index is -4.43. The van der Waals surface area contributed by atoms with Crippen LogP contribution >= 0.6 is 0 Å². The minimum absolute atomic E-state index is 0.00528. The number of alkyl halides is 3. The van der Waals surface area contributed by atoms with Crippen LogP contribution in [-0.2, 0) is 10.2 Å². The van der Waals surface area contributed by atoms with E-state index in [9.17, 15) is 23.1 Å². The zero-order valence-electron chi connectivity index (χ0n) is 19.3. The molecule has 2 aliphatic rings. The molecule has 1 aromatic carbocycles. The maximum Gasteiger partial charge on any atom is 0.398 e. The van der Waals surface area contributed by atoms with Crippen LogP contribution in [0.15, 0.2) is 23.8 Å². The summed E-state index contributed by atoms with van der Waals surface area (Å²) >= 11 is 0. The van der Waals surface area contributed by atoms with E-state index in [1.165, 1.54) is 19.1 Å². The molecule has 32 heavy (non-hydrogen) atoms. The number of aliphatic carboxylic acids is 1. The van der Waals surface area contributed by atoms with Crippen molar-refractivity contribution in [1.29, 1.82) is 0 Å². The lowest BCUT2D eigenvalue weighted by atomic mass is 9.66. The Bertz CT molecular complexity index is 906. The molecule has 3 atom stereocenters. The van der Waals surface area contributed by atoms with Crippen molar-refractivity contribution in [3.63, 3.8) is 0 Å². The number of nitrogen functional groups attached to an aromatic ring is 1. The fraction of sp³-hybridized carbons (Fsp3) is 0.640. The van der Waals surface area contributed by atoms with E-state index < -0.39 is 23.2 Å². The molecular formula is C25H34F3NO3. The largest absolute Gasteiger partial charge is 0.487 e. The first-order chi connectivity index (χ1) is 14.8.